The van der Waals surface area contributed by atoms with Gasteiger partial charge in [-0.05, 0) is 24.0 Å². The van der Waals surface area contributed by atoms with Crippen molar-refractivity contribution in [2.24, 2.45) is 5.92 Å². The minimum Gasteiger partial charge on any atom is -0.322 e. The number of carbonyl (C=O) groups is 2. The lowest BCUT2D eigenvalue weighted by molar-refractivity contribution is -0.121. The molecule has 1 N–H and O–H groups in total. The molecule has 5 nitrogen and oxygen atoms in total. The molecule has 1 aromatic carbocycles. The van der Waals surface area contributed by atoms with Crippen molar-refractivity contribution >= 4 is 39.9 Å². The van der Waals surface area contributed by atoms with Crippen LogP contribution in [0.2, 0.25) is 5.02 Å². The lowest BCUT2D eigenvalue weighted by Gasteiger charge is -2.31. The summed E-state index contributed by atoms with van der Waals surface area (Å²) in [5, 5.41) is 5.73. The monoisotopic (exact) mass is 403 g/mol. The van der Waals surface area contributed by atoms with Gasteiger partial charge in [-0.1, -0.05) is 55.8 Å². The molecule has 0 saturated heterocycles. The summed E-state index contributed by atoms with van der Waals surface area (Å²) in [6.45, 7) is 0.428. The summed E-state index contributed by atoms with van der Waals surface area (Å²) in [7, 11) is 0. The van der Waals surface area contributed by atoms with Crippen LogP contribution in [0.3, 0.4) is 0 Å². The van der Waals surface area contributed by atoms with E-state index in [1.165, 1.54) is 30.6 Å². The zero-order valence-electron chi connectivity index (χ0n) is 15.0. The number of hydrogen-bond donors (Lipinski definition) is 1. The van der Waals surface area contributed by atoms with Gasteiger partial charge in [0.25, 0.3) is 5.91 Å². The fraction of sp³-hybridized carbons (Fsp3) is 0.450. The Morgan fingerprint density at radius 1 is 1.33 bits per heavy atom. The van der Waals surface area contributed by atoms with Gasteiger partial charge in [-0.25, -0.2) is 4.98 Å². The van der Waals surface area contributed by atoms with E-state index >= 15 is 0 Å². The van der Waals surface area contributed by atoms with E-state index in [1.54, 1.807) is 17.2 Å². The Bertz CT molecular complexity index is 834. The van der Waals surface area contributed by atoms with Crippen LogP contribution in [-0.2, 0) is 11.3 Å². The molecule has 2 aromatic rings. The normalized spacial score (nSPS) is 18.4. The van der Waals surface area contributed by atoms with Gasteiger partial charge in [0.15, 0.2) is 5.13 Å². The van der Waals surface area contributed by atoms with Gasteiger partial charge in [0.1, 0.15) is 6.04 Å². The molecule has 2 amide bonds. The standard InChI is InChI=1S/C20H22ClN3O2S/c21-15-8-4-7-14-12-24(19(26)17(14)15)16(11-13-5-2-1-3-6-13)18(25)23-20-22-9-10-27-20/h4,7-10,13,16H,1-3,5-6,11-12H2,(H,22,23,25)/t16-/m1/s1. The van der Waals surface area contributed by atoms with Gasteiger partial charge < -0.3 is 10.2 Å². The smallest absolute Gasteiger partial charge is 0.256 e. The minimum atomic E-state index is -0.507. The number of nitrogens with one attached hydrogen (secondary N) is 1. The first-order valence-corrected chi connectivity index (χ1v) is 10.7. The molecule has 1 saturated carbocycles. The lowest BCUT2D eigenvalue weighted by atomic mass is 9.84. The average Bonchev–Trinajstić information content (AvgIpc) is 3.29. The minimum absolute atomic E-state index is 0.148. The second-order valence-corrected chi connectivity index (χ2v) is 8.59. The van der Waals surface area contributed by atoms with E-state index in [4.69, 9.17) is 11.6 Å². The van der Waals surface area contributed by atoms with Crippen molar-refractivity contribution in [3.63, 3.8) is 0 Å². The fourth-order valence-electron chi connectivity index (χ4n) is 4.18. The molecule has 1 fully saturated rings. The van der Waals surface area contributed by atoms with E-state index in [9.17, 15) is 9.59 Å². The van der Waals surface area contributed by atoms with Crippen LogP contribution in [-0.4, -0.2) is 27.7 Å². The number of halogens is 1. The SMILES string of the molecule is O=C(Nc1nccs1)[C@@H](CC1CCCCC1)N1Cc2cccc(Cl)c2C1=O. The Labute approximate surface area is 167 Å². The van der Waals surface area contributed by atoms with Crippen LogP contribution in [0.1, 0.15) is 54.4 Å². The van der Waals surface area contributed by atoms with E-state index in [0.29, 0.717) is 34.6 Å². The van der Waals surface area contributed by atoms with Gasteiger partial charge >= 0.3 is 0 Å². The molecule has 2 heterocycles. The zero-order valence-corrected chi connectivity index (χ0v) is 16.6. The molecule has 4 rings (SSSR count). The molecule has 1 aliphatic carbocycles. The predicted molar refractivity (Wildman–Crippen MR) is 107 cm³/mol. The van der Waals surface area contributed by atoms with E-state index in [-0.39, 0.29) is 11.8 Å². The third-order valence-corrected chi connectivity index (χ3v) is 6.54. The van der Waals surface area contributed by atoms with Crippen molar-refractivity contribution in [3.8, 4) is 0 Å². The van der Waals surface area contributed by atoms with Crippen LogP contribution in [0.15, 0.2) is 29.8 Å². The number of amides is 2. The third-order valence-electron chi connectivity index (χ3n) is 5.54. The fourth-order valence-corrected chi connectivity index (χ4v) is 4.99. The first-order valence-electron chi connectivity index (χ1n) is 9.42. The number of benzene rings is 1. The van der Waals surface area contributed by atoms with Crippen molar-refractivity contribution in [2.75, 3.05) is 5.32 Å². The summed E-state index contributed by atoms with van der Waals surface area (Å²) in [5.41, 5.74) is 1.43. The Kier molecular flexibility index (Phi) is 5.45. The number of anilines is 1. The van der Waals surface area contributed by atoms with Crippen LogP contribution in [0.25, 0.3) is 0 Å². The van der Waals surface area contributed by atoms with Crippen LogP contribution in [0.5, 0.6) is 0 Å². The molecule has 0 radical (unpaired) electrons. The molecule has 2 aliphatic rings. The number of hydrogen-bond acceptors (Lipinski definition) is 4. The summed E-state index contributed by atoms with van der Waals surface area (Å²) in [5.74, 6) is 0.163. The largest absolute Gasteiger partial charge is 0.322 e. The van der Waals surface area contributed by atoms with E-state index < -0.39 is 6.04 Å². The lowest BCUT2D eigenvalue weighted by Crippen LogP contribution is -2.45. The summed E-state index contributed by atoms with van der Waals surface area (Å²) in [6.07, 6.45) is 8.25. The van der Waals surface area contributed by atoms with E-state index in [1.807, 2.05) is 17.5 Å². The number of fused-ring (bicyclic) bond motifs is 1. The van der Waals surface area contributed by atoms with Crippen molar-refractivity contribution in [1.82, 2.24) is 9.88 Å². The quantitative estimate of drug-likeness (QED) is 0.784. The Hall–Kier alpha value is -1.92. The highest BCUT2D eigenvalue weighted by molar-refractivity contribution is 7.13. The van der Waals surface area contributed by atoms with Gasteiger partial charge in [0.2, 0.25) is 5.91 Å². The number of thiazole rings is 1. The first-order chi connectivity index (χ1) is 13.1. The highest BCUT2D eigenvalue weighted by Gasteiger charge is 2.39. The van der Waals surface area contributed by atoms with Gasteiger partial charge in [0, 0.05) is 18.1 Å². The zero-order chi connectivity index (χ0) is 18.8. The first kappa shape index (κ1) is 18.4. The second kappa shape index (κ2) is 7.98. The second-order valence-electron chi connectivity index (χ2n) is 7.29. The summed E-state index contributed by atoms with van der Waals surface area (Å²) in [6, 6.07) is 4.99. The van der Waals surface area contributed by atoms with Crippen LogP contribution >= 0.6 is 22.9 Å². The maximum absolute atomic E-state index is 13.1. The molecular weight excluding hydrogens is 382 g/mol. The van der Waals surface area contributed by atoms with Crippen LogP contribution < -0.4 is 5.32 Å². The molecule has 0 unspecified atom stereocenters. The molecule has 27 heavy (non-hydrogen) atoms. The Morgan fingerprint density at radius 3 is 2.85 bits per heavy atom. The molecule has 0 spiro atoms. The number of aromatic nitrogens is 1. The third kappa shape index (κ3) is 3.87. The van der Waals surface area contributed by atoms with Gasteiger partial charge in [-0.3, -0.25) is 9.59 Å². The molecular formula is C20H22ClN3O2S. The predicted octanol–water partition coefficient (Wildman–Crippen LogP) is 4.73. The van der Waals surface area contributed by atoms with Crippen molar-refractivity contribution in [2.45, 2.75) is 51.1 Å². The molecule has 7 heteroatoms. The van der Waals surface area contributed by atoms with Crippen LogP contribution in [0, 0.1) is 5.92 Å². The van der Waals surface area contributed by atoms with E-state index in [0.717, 1.165) is 18.4 Å². The molecule has 1 aliphatic heterocycles. The summed E-state index contributed by atoms with van der Waals surface area (Å²) < 4.78 is 0. The van der Waals surface area contributed by atoms with Gasteiger partial charge in [-0.15, -0.1) is 11.3 Å². The maximum atomic E-state index is 13.1. The van der Waals surface area contributed by atoms with Gasteiger partial charge in [0.05, 0.1) is 10.6 Å². The highest BCUT2D eigenvalue weighted by atomic mass is 35.5. The van der Waals surface area contributed by atoms with Crippen LogP contribution in [0.4, 0.5) is 5.13 Å². The number of rotatable bonds is 5. The number of nitrogens with zero attached hydrogens (tertiary/aromatic N) is 2. The summed E-state index contributed by atoms with van der Waals surface area (Å²) in [4.78, 5) is 32.0. The topological polar surface area (TPSA) is 62.3 Å². The van der Waals surface area contributed by atoms with E-state index in [2.05, 4.69) is 10.3 Å². The Morgan fingerprint density at radius 2 is 2.15 bits per heavy atom. The molecule has 1 aromatic heterocycles. The van der Waals surface area contributed by atoms with Gasteiger partial charge in [-0.2, -0.15) is 0 Å². The molecule has 142 valence electrons. The number of carbonyl (C=O) groups excluding carboxylic acids is 2. The van der Waals surface area contributed by atoms with Crippen molar-refractivity contribution < 1.29 is 9.59 Å². The summed E-state index contributed by atoms with van der Waals surface area (Å²) >= 11 is 7.64. The maximum Gasteiger partial charge on any atom is 0.256 e. The average molecular weight is 404 g/mol. The Balaban J connectivity index is 1.58. The molecule has 0 bridgehead atoms. The highest BCUT2D eigenvalue weighted by Crippen LogP contribution is 2.34. The molecule has 1 atom stereocenters. The van der Waals surface area contributed by atoms with Crippen molar-refractivity contribution in [1.29, 1.82) is 0 Å². The van der Waals surface area contributed by atoms with Crippen molar-refractivity contribution in [3.05, 3.63) is 45.9 Å².